The van der Waals surface area contributed by atoms with Crippen LogP contribution in [0.3, 0.4) is 0 Å². The van der Waals surface area contributed by atoms with Crippen LogP contribution < -0.4 is 5.73 Å². The standard InChI is InChI=1S/C23H27N5O/c24-22-16(13-3-4-13)5-14(7-25-22)18-6-19(28(26-18)8-12-1-2-12)23-17-9-27(15-10-29-11-15)21(23)20(17)23/h5-7,12-13,15,17,20-21H,1-4,8-11H2,(H2,24,25)/t17-,20-,21?,23-/m1/s1. The molecule has 29 heavy (non-hydrogen) atoms. The van der Waals surface area contributed by atoms with Crippen LogP contribution in [0, 0.1) is 17.8 Å². The summed E-state index contributed by atoms with van der Waals surface area (Å²) in [5.74, 6) is 3.86. The Morgan fingerprint density at radius 1 is 1.17 bits per heavy atom. The molecule has 7 fully saturated rings. The van der Waals surface area contributed by atoms with Gasteiger partial charge in [-0.1, -0.05) is 0 Å². The molecule has 4 aliphatic carbocycles. The number of pyridine rings is 1. The second kappa shape index (κ2) is 5.03. The SMILES string of the molecule is Nc1ncc(-c2cc([C@@]34C5[C@H]3[C@H]4CN5C3COC3)n(CC3CC3)n2)cc1C1CC1. The number of ether oxygens (including phenoxy) is 1. The fourth-order valence-corrected chi connectivity index (χ4v) is 6.58. The quantitative estimate of drug-likeness (QED) is 0.822. The summed E-state index contributed by atoms with van der Waals surface area (Å²) in [5.41, 5.74) is 11.5. The van der Waals surface area contributed by atoms with Crippen LogP contribution in [0.25, 0.3) is 11.3 Å². The van der Waals surface area contributed by atoms with Gasteiger partial charge in [-0.05, 0) is 67.1 Å². The first kappa shape index (κ1) is 15.9. The van der Waals surface area contributed by atoms with E-state index in [9.17, 15) is 0 Å². The highest BCUT2D eigenvalue weighted by Gasteiger charge is 2.93. The summed E-state index contributed by atoms with van der Waals surface area (Å²) in [6, 6.07) is 6.07. The topological polar surface area (TPSA) is 69.2 Å². The Balaban J connectivity index is 1.18. The Morgan fingerprint density at radius 2 is 2.03 bits per heavy atom. The van der Waals surface area contributed by atoms with Crippen molar-refractivity contribution in [2.75, 3.05) is 25.5 Å². The van der Waals surface area contributed by atoms with Gasteiger partial charge in [0.05, 0.1) is 24.9 Å². The molecule has 2 bridgehead atoms. The number of aromatic nitrogens is 3. The molecule has 0 amide bonds. The number of anilines is 1. The van der Waals surface area contributed by atoms with Gasteiger partial charge < -0.3 is 10.5 Å². The van der Waals surface area contributed by atoms with E-state index in [4.69, 9.17) is 15.6 Å². The highest BCUT2D eigenvalue weighted by molar-refractivity contribution is 5.66. The van der Waals surface area contributed by atoms with E-state index in [-0.39, 0.29) is 0 Å². The summed E-state index contributed by atoms with van der Waals surface area (Å²) in [7, 11) is 0. The number of piperidine rings is 1. The Labute approximate surface area is 170 Å². The lowest BCUT2D eigenvalue weighted by Crippen LogP contribution is -2.48. The van der Waals surface area contributed by atoms with Crippen molar-refractivity contribution in [3.8, 4) is 11.3 Å². The van der Waals surface area contributed by atoms with Crippen LogP contribution in [-0.4, -0.2) is 51.5 Å². The van der Waals surface area contributed by atoms with Gasteiger partial charge in [0, 0.05) is 42.0 Å². The monoisotopic (exact) mass is 389 g/mol. The number of nitrogen functional groups attached to an aromatic ring is 1. The van der Waals surface area contributed by atoms with Crippen LogP contribution in [0.4, 0.5) is 5.82 Å². The maximum absolute atomic E-state index is 6.16. The molecule has 9 rings (SSSR count). The Bertz CT molecular complexity index is 1030. The third kappa shape index (κ3) is 1.99. The third-order valence-corrected chi connectivity index (χ3v) is 8.68. The second-order valence-electron chi connectivity index (χ2n) is 10.4. The summed E-state index contributed by atoms with van der Waals surface area (Å²) < 4.78 is 7.86. The maximum atomic E-state index is 6.16. The molecule has 1 unspecified atom stereocenters. The second-order valence-corrected chi connectivity index (χ2v) is 10.4. The lowest BCUT2D eigenvalue weighted by Gasteiger charge is -2.34. The molecular formula is C23H27N5O. The van der Waals surface area contributed by atoms with Gasteiger partial charge in [-0.25, -0.2) is 4.98 Å². The predicted molar refractivity (Wildman–Crippen MR) is 108 cm³/mol. The number of hydrogen-bond donors (Lipinski definition) is 1. The van der Waals surface area contributed by atoms with Gasteiger partial charge in [-0.15, -0.1) is 0 Å². The highest BCUT2D eigenvalue weighted by atomic mass is 16.5. The fraction of sp³-hybridized carbons (Fsp3) is 0.652. The molecule has 7 aliphatic rings. The van der Waals surface area contributed by atoms with Crippen molar-refractivity contribution >= 4 is 5.82 Å². The van der Waals surface area contributed by atoms with Crippen molar-refractivity contribution in [1.29, 1.82) is 0 Å². The molecule has 2 aromatic rings. The summed E-state index contributed by atoms with van der Waals surface area (Å²) in [4.78, 5) is 7.27. The van der Waals surface area contributed by atoms with E-state index in [1.807, 2.05) is 6.20 Å². The summed E-state index contributed by atoms with van der Waals surface area (Å²) in [5, 5.41) is 5.14. The van der Waals surface area contributed by atoms with Crippen molar-refractivity contribution in [2.24, 2.45) is 17.8 Å². The van der Waals surface area contributed by atoms with Gasteiger partial charge in [-0.3, -0.25) is 9.58 Å². The van der Waals surface area contributed by atoms with E-state index >= 15 is 0 Å². The third-order valence-electron chi connectivity index (χ3n) is 8.68. The molecule has 2 N–H and O–H groups in total. The molecule has 6 nitrogen and oxygen atoms in total. The van der Waals surface area contributed by atoms with E-state index in [1.165, 1.54) is 43.5 Å². The molecule has 3 aliphatic heterocycles. The van der Waals surface area contributed by atoms with Crippen LogP contribution in [-0.2, 0) is 16.7 Å². The van der Waals surface area contributed by atoms with Crippen LogP contribution in [0.15, 0.2) is 18.3 Å². The van der Waals surface area contributed by atoms with E-state index in [0.717, 1.165) is 54.8 Å². The maximum Gasteiger partial charge on any atom is 0.126 e. The van der Waals surface area contributed by atoms with Crippen molar-refractivity contribution in [2.45, 2.75) is 55.6 Å². The largest absolute Gasteiger partial charge is 0.383 e. The fourth-order valence-electron chi connectivity index (χ4n) is 6.58. The molecule has 6 heteroatoms. The van der Waals surface area contributed by atoms with Crippen molar-refractivity contribution < 1.29 is 4.74 Å². The van der Waals surface area contributed by atoms with E-state index in [1.54, 1.807) is 0 Å². The zero-order chi connectivity index (χ0) is 18.9. The summed E-state index contributed by atoms with van der Waals surface area (Å²) >= 11 is 0. The number of nitrogens with two attached hydrogens (primary N) is 1. The highest BCUT2D eigenvalue weighted by Crippen LogP contribution is 2.86. The molecule has 2 aromatic heterocycles. The van der Waals surface area contributed by atoms with Crippen molar-refractivity contribution in [3.05, 3.63) is 29.6 Å². The average molecular weight is 390 g/mol. The number of nitrogens with zero attached hydrogens (tertiary/aromatic N) is 4. The van der Waals surface area contributed by atoms with E-state index in [0.29, 0.717) is 23.2 Å². The Kier molecular flexibility index (Phi) is 2.75. The number of fused-ring (bicyclic) bond motifs is 1. The lowest BCUT2D eigenvalue weighted by molar-refractivity contribution is -0.0601. The van der Waals surface area contributed by atoms with Gasteiger partial charge >= 0.3 is 0 Å². The summed E-state index contributed by atoms with van der Waals surface area (Å²) in [6.07, 6.45) is 7.13. The Hall–Kier alpha value is -1.92. The van der Waals surface area contributed by atoms with Gasteiger partial charge in [0.1, 0.15) is 5.82 Å². The summed E-state index contributed by atoms with van der Waals surface area (Å²) in [6.45, 7) is 4.22. The molecule has 0 radical (unpaired) electrons. The smallest absolute Gasteiger partial charge is 0.126 e. The van der Waals surface area contributed by atoms with E-state index < -0.39 is 0 Å². The zero-order valence-corrected chi connectivity index (χ0v) is 16.6. The van der Waals surface area contributed by atoms with Gasteiger partial charge in [0.15, 0.2) is 0 Å². The molecule has 0 aromatic carbocycles. The number of hydrogen-bond acceptors (Lipinski definition) is 5. The average Bonchev–Trinajstić information content (AvgIpc) is 3.57. The van der Waals surface area contributed by atoms with Crippen molar-refractivity contribution in [3.63, 3.8) is 0 Å². The first-order valence-corrected chi connectivity index (χ1v) is 11.4. The molecule has 0 spiro atoms. The van der Waals surface area contributed by atoms with Crippen LogP contribution in [0.2, 0.25) is 0 Å². The van der Waals surface area contributed by atoms with Gasteiger partial charge in [0.25, 0.3) is 0 Å². The Morgan fingerprint density at radius 3 is 2.72 bits per heavy atom. The minimum Gasteiger partial charge on any atom is -0.383 e. The van der Waals surface area contributed by atoms with E-state index in [2.05, 4.69) is 26.7 Å². The van der Waals surface area contributed by atoms with Crippen LogP contribution >= 0.6 is 0 Å². The lowest BCUT2D eigenvalue weighted by atomic mass is 10.0. The molecular weight excluding hydrogens is 362 g/mol. The van der Waals surface area contributed by atoms with Crippen molar-refractivity contribution in [1.82, 2.24) is 19.7 Å². The predicted octanol–water partition coefficient (Wildman–Crippen LogP) is 2.40. The zero-order valence-electron chi connectivity index (χ0n) is 16.6. The molecule has 4 atom stereocenters. The normalized spacial score (nSPS) is 37.4. The minimum atomic E-state index is 0.399. The van der Waals surface area contributed by atoms with Crippen LogP contribution in [0.5, 0.6) is 0 Å². The van der Waals surface area contributed by atoms with Gasteiger partial charge in [0.2, 0.25) is 0 Å². The first-order valence-electron chi connectivity index (χ1n) is 11.4. The van der Waals surface area contributed by atoms with Crippen LogP contribution in [0.1, 0.15) is 42.9 Å². The van der Waals surface area contributed by atoms with Gasteiger partial charge in [-0.2, -0.15) is 5.10 Å². The molecule has 3 saturated heterocycles. The molecule has 5 heterocycles. The number of rotatable bonds is 6. The molecule has 4 saturated carbocycles. The minimum absolute atomic E-state index is 0.399. The molecule has 150 valence electrons. The first-order chi connectivity index (χ1) is 14.2.